The smallest absolute Gasteiger partial charge is 0.347 e. The van der Waals surface area contributed by atoms with Crippen LogP contribution in [0.5, 0.6) is 5.75 Å². The van der Waals surface area contributed by atoms with Gasteiger partial charge in [-0.05, 0) is 23.8 Å². The average Bonchev–Trinajstić information content (AvgIpc) is 3.39. The number of aromatic nitrogens is 1. The van der Waals surface area contributed by atoms with Crippen molar-refractivity contribution in [2.24, 2.45) is 4.99 Å². The number of hydrogen-bond acceptors (Lipinski definition) is 9. The molecule has 4 rings (SSSR count). The van der Waals surface area contributed by atoms with Gasteiger partial charge in [0.25, 0.3) is 5.91 Å². The number of nitrogens with zero attached hydrogens (tertiary/aromatic N) is 2. The number of hydrogen-bond donors (Lipinski definition) is 3. The summed E-state index contributed by atoms with van der Waals surface area (Å²) in [7, 11) is 1.26. The van der Waals surface area contributed by atoms with Crippen LogP contribution in [-0.4, -0.2) is 42.7 Å². The molecule has 0 aliphatic carbocycles. The van der Waals surface area contributed by atoms with E-state index in [1.807, 2.05) is 18.2 Å². The van der Waals surface area contributed by atoms with E-state index in [9.17, 15) is 9.59 Å². The summed E-state index contributed by atoms with van der Waals surface area (Å²) in [5.41, 5.74) is 7.58. The van der Waals surface area contributed by atoms with Crippen molar-refractivity contribution in [1.29, 1.82) is 0 Å². The molecule has 1 atom stereocenters. The van der Waals surface area contributed by atoms with E-state index in [1.165, 1.54) is 18.4 Å². The Balaban J connectivity index is 1.46. The molecule has 0 saturated heterocycles. The van der Waals surface area contributed by atoms with Crippen LogP contribution in [0.25, 0.3) is 10.6 Å². The van der Waals surface area contributed by atoms with Crippen molar-refractivity contribution < 1.29 is 19.1 Å². The number of thiazole rings is 1. The third kappa shape index (κ3) is 3.11. The van der Waals surface area contributed by atoms with Crippen molar-refractivity contribution in [3.8, 4) is 16.3 Å². The summed E-state index contributed by atoms with van der Waals surface area (Å²) in [6.45, 7) is 0.694. The van der Waals surface area contributed by atoms with E-state index >= 15 is 0 Å². The first kappa shape index (κ1) is 16.5. The fourth-order valence-corrected chi connectivity index (χ4v) is 3.42. The van der Waals surface area contributed by atoms with Gasteiger partial charge in [0.2, 0.25) is 12.1 Å². The van der Waals surface area contributed by atoms with Gasteiger partial charge in [0.15, 0.2) is 0 Å². The molecule has 26 heavy (non-hydrogen) atoms. The van der Waals surface area contributed by atoms with Gasteiger partial charge in [0, 0.05) is 17.4 Å². The van der Waals surface area contributed by atoms with Crippen LogP contribution in [0.15, 0.2) is 28.6 Å². The Morgan fingerprint density at radius 1 is 1.42 bits per heavy atom. The van der Waals surface area contributed by atoms with Crippen molar-refractivity contribution in [3.05, 3.63) is 34.8 Å². The summed E-state index contributed by atoms with van der Waals surface area (Å²) in [6, 6.07) is 5.89. The molecule has 0 bridgehead atoms. The second-order valence-electron chi connectivity index (χ2n) is 5.59. The third-order valence-electron chi connectivity index (χ3n) is 3.92. The number of methoxy groups -OCH3 is 1. The molecule has 2 aromatic rings. The number of fused-ring (bicyclic) bond motifs is 1. The first-order valence-corrected chi connectivity index (χ1v) is 8.72. The highest BCUT2D eigenvalue weighted by molar-refractivity contribution is 7.13. The van der Waals surface area contributed by atoms with Crippen LogP contribution in [0.3, 0.4) is 0 Å². The molecular weight excluding hydrogens is 358 g/mol. The number of aliphatic imine (C=N–C) groups is 1. The van der Waals surface area contributed by atoms with E-state index in [0.29, 0.717) is 6.61 Å². The molecule has 1 aromatic carbocycles. The molecule has 0 spiro atoms. The van der Waals surface area contributed by atoms with Crippen molar-refractivity contribution in [3.63, 3.8) is 0 Å². The maximum atomic E-state index is 12.3. The fraction of sp³-hybridized carbons (Fsp3) is 0.250. The van der Waals surface area contributed by atoms with Crippen LogP contribution in [-0.2, 0) is 16.0 Å². The molecule has 134 valence electrons. The monoisotopic (exact) mass is 373 g/mol. The van der Waals surface area contributed by atoms with Crippen LogP contribution in [0.1, 0.15) is 16.1 Å². The number of carbonyl (C=O) groups is 2. The second-order valence-corrected chi connectivity index (χ2v) is 6.44. The van der Waals surface area contributed by atoms with Crippen LogP contribution < -0.4 is 20.9 Å². The third-order valence-corrected chi connectivity index (χ3v) is 4.81. The van der Waals surface area contributed by atoms with Crippen LogP contribution in [0.4, 0.5) is 0 Å². The molecule has 0 radical (unpaired) electrons. The predicted molar refractivity (Wildman–Crippen MR) is 93.7 cm³/mol. The highest BCUT2D eigenvalue weighted by Gasteiger charge is 2.25. The van der Waals surface area contributed by atoms with Gasteiger partial charge < -0.3 is 9.47 Å². The summed E-state index contributed by atoms with van der Waals surface area (Å²) in [5, 5.41) is 4.99. The molecule has 3 N–H and O–H groups in total. The van der Waals surface area contributed by atoms with E-state index in [4.69, 9.17) is 4.74 Å². The number of ether oxygens (including phenoxy) is 2. The Labute approximate surface area is 152 Å². The summed E-state index contributed by atoms with van der Waals surface area (Å²) >= 11 is 1.38. The number of nitrogens with one attached hydrogen (secondary N) is 3. The quantitative estimate of drug-likeness (QED) is 0.669. The molecule has 9 nitrogen and oxygen atoms in total. The zero-order valence-electron chi connectivity index (χ0n) is 13.7. The van der Waals surface area contributed by atoms with Gasteiger partial charge in [0.05, 0.1) is 13.7 Å². The minimum absolute atomic E-state index is 0.134. The zero-order valence-corrected chi connectivity index (χ0v) is 14.6. The number of esters is 1. The van der Waals surface area contributed by atoms with Gasteiger partial charge in [-0.25, -0.2) is 20.2 Å². The minimum atomic E-state index is -0.894. The van der Waals surface area contributed by atoms with Gasteiger partial charge in [-0.2, -0.15) is 0 Å². The fourth-order valence-electron chi connectivity index (χ4n) is 2.62. The lowest BCUT2D eigenvalue weighted by atomic mass is 10.1. The second kappa shape index (κ2) is 6.73. The maximum absolute atomic E-state index is 12.3. The van der Waals surface area contributed by atoms with E-state index in [2.05, 4.69) is 30.9 Å². The van der Waals surface area contributed by atoms with E-state index in [0.717, 1.165) is 28.3 Å². The molecular formula is C16H15N5O4S. The van der Waals surface area contributed by atoms with Crippen molar-refractivity contribution in [2.45, 2.75) is 12.6 Å². The van der Waals surface area contributed by atoms with Gasteiger partial charge in [0.1, 0.15) is 16.5 Å². The van der Waals surface area contributed by atoms with Gasteiger partial charge in [-0.1, -0.05) is 0 Å². The number of amides is 1. The summed E-state index contributed by atoms with van der Waals surface area (Å²) in [4.78, 5) is 32.1. The Morgan fingerprint density at radius 3 is 3.15 bits per heavy atom. The molecule has 10 heteroatoms. The Bertz CT molecular complexity index is 910. The summed E-state index contributed by atoms with van der Waals surface area (Å²) in [5.74, 6) is 0.0599. The summed E-state index contributed by atoms with van der Waals surface area (Å²) in [6.07, 6.45) is -0.0169. The Hall–Kier alpha value is -2.98. The lowest BCUT2D eigenvalue weighted by molar-refractivity contribution is -0.142. The Kier molecular flexibility index (Phi) is 4.27. The standard InChI is InChI=1S/C16H15N5O4S/c1-24-15(23)12-18-16(21-20-12)19-13(22)10-7-26-14(17-10)9-2-3-11-8(6-9)4-5-25-11/h2-3,6-7,12,20H,4-5H2,1H3,(H2,18,19,21,22). The molecule has 1 aromatic heterocycles. The molecule has 1 unspecified atom stereocenters. The van der Waals surface area contributed by atoms with Crippen LogP contribution >= 0.6 is 11.3 Å². The number of carbonyl (C=O) groups excluding carboxylic acids is 2. The van der Waals surface area contributed by atoms with Crippen molar-refractivity contribution in [2.75, 3.05) is 13.7 Å². The van der Waals surface area contributed by atoms with E-state index in [1.54, 1.807) is 5.38 Å². The highest BCUT2D eigenvalue weighted by atomic mass is 32.1. The number of benzene rings is 1. The number of hydrazine groups is 1. The SMILES string of the molecule is COC(=O)C1N=C(NC(=O)c2csc(-c3ccc4c(c3)CCO4)n2)NN1. The van der Waals surface area contributed by atoms with E-state index in [-0.39, 0.29) is 11.7 Å². The first-order chi connectivity index (χ1) is 12.6. The largest absolute Gasteiger partial charge is 0.493 e. The van der Waals surface area contributed by atoms with E-state index < -0.39 is 18.0 Å². The number of guanidine groups is 1. The molecule has 0 saturated carbocycles. The Morgan fingerprint density at radius 2 is 2.31 bits per heavy atom. The average molecular weight is 373 g/mol. The topological polar surface area (TPSA) is 114 Å². The lowest BCUT2D eigenvalue weighted by Gasteiger charge is -2.03. The lowest BCUT2D eigenvalue weighted by Crippen LogP contribution is -2.45. The highest BCUT2D eigenvalue weighted by Crippen LogP contribution is 2.31. The molecule has 3 heterocycles. The van der Waals surface area contributed by atoms with Gasteiger partial charge in [-0.15, -0.1) is 11.3 Å². The first-order valence-electron chi connectivity index (χ1n) is 7.84. The van der Waals surface area contributed by atoms with Crippen molar-refractivity contribution in [1.82, 2.24) is 21.2 Å². The van der Waals surface area contributed by atoms with Crippen molar-refractivity contribution >= 4 is 29.2 Å². The summed E-state index contributed by atoms with van der Waals surface area (Å²) < 4.78 is 10.1. The molecule has 0 fully saturated rings. The van der Waals surface area contributed by atoms with Gasteiger partial charge >= 0.3 is 5.97 Å². The number of rotatable bonds is 3. The molecule has 2 aliphatic rings. The van der Waals surface area contributed by atoms with Crippen LogP contribution in [0.2, 0.25) is 0 Å². The molecule has 1 amide bonds. The van der Waals surface area contributed by atoms with Crippen LogP contribution in [0, 0.1) is 0 Å². The van der Waals surface area contributed by atoms with Gasteiger partial charge in [-0.3, -0.25) is 15.5 Å². The molecule has 2 aliphatic heterocycles. The maximum Gasteiger partial charge on any atom is 0.347 e. The minimum Gasteiger partial charge on any atom is -0.493 e. The zero-order chi connectivity index (χ0) is 18.1. The normalized spacial score (nSPS) is 17.7. The predicted octanol–water partition coefficient (Wildman–Crippen LogP) is 0.438.